The van der Waals surface area contributed by atoms with Gasteiger partial charge in [0.25, 0.3) is 0 Å². The van der Waals surface area contributed by atoms with Crippen molar-refractivity contribution in [2.75, 3.05) is 19.6 Å². The number of nitrogens with two attached hydrogens (primary N) is 1. The van der Waals surface area contributed by atoms with Gasteiger partial charge in [0.2, 0.25) is 0 Å². The molecule has 0 aromatic carbocycles. The van der Waals surface area contributed by atoms with Gasteiger partial charge >= 0.3 is 0 Å². The minimum atomic E-state index is 0.798. The highest BCUT2D eigenvalue weighted by atomic mass is 15.2. The lowest BCUT2D eigenvalue weighted by Gasteiger charge is -2.37. The van der Waals surface area contributed by atoms with Gasteiger partial charge in [0.05, 0.1) is 0 Å². The number of nitrogens with zero attached hydrogens (tertiary/aromatic N) is 2. The minimum absolute atomic E-state index is 0.798. The molecule has 3 heteroatoms. The van der Waals surface area contributed by atoms with Gasteiger partial charge in [-0.15, -0.1) is 0 Å². The van der Waals surface area contributed by atoms with Gasteiger partial charge in [0, 0.05) is 30.9 Å². The Morgan fingerprint density at radius 1 is 1.29 bits per heavy atom. The van der Waals surface area contributed by atoms with Crippen LogP contribution in [0.1, 0.15) is 31.4 Å². The first-order valence-electron chi connectivity index (χ1n) is 6.74. The maximum atomic E-state index is 5.60. The van der Waals surface area contributed by atoms with Crippen LogP contribution in [0.4, 0.5) is 0 Å². The Hall–Kier alpha value is -0.930. The molecule has 1 heterocycles. The molecule has 1 aliphatic carbocycles. The van der Waals surface area contributed by atoms with E-state index >= 15 is 0 Å². The zero-order valence-electron chi connectivity index (χ0n) is 10.5. The van der Waals surface area contributed by atoms with Crippen LogP contribution >= 0.6 is 0 Å². The van der Waals surface area contributed by atoms with Crippen LogP contribution in [0.5, 0.6) is 0 Å². The van der Waals surface area contributed by atoms with Crippen LogP contribution in [0, 0.1) is 0 Å². The molecule has 94 valence electrons. The summed E-state index contributed by atoms with van der Waals surface area (Å²) in [6.45, 7) is 3.07. The summed E-state index contributed by atoms with van der Waals surface area (Å²) < 4.78 is 0. The Labute approximate surface area is 104 Å². The van der Waals surface area contributed by atoms with Crippen molar-refractivity contribution >= 4 is 0 Å². The molecule has 0 atom stereocenters. The molecule has 0 unspecified atom stereocenters. The second kappa shape index (κ2) is 6.72. The molecule has 17 heavy (non-hydrogen) atoms. The van der Waals surface area contributed by atoms with Crippen molar-refractivity contribution < 1.29 is 0 Å². The lowest BCUT2D eigenvalue weighted by Crippen LogP contribution is -2.42. The van der Waals surface area contributed by atoms with Crippen LogP contribution in [0.2, 0.25) is 0 Å². The fourth-order valence-corrected chi connectivity index (χ4v) is 2.33. The maximum absolute atomic E-state index is 5.60. The van der Waals surface area contributed by atoms with Crippen LogP contribution in [0.3, 0.4) is 0 Å². The predicted molar refractivity (Wildman–Crippen MR) is 70.8 cm³/mol. The number of hydrogen-bond acceptors (Lipinski definition) is 3. The molecule has 2 rings (SSSR count). The first kappa shape index (κ1) is 12.5. The van der Waals surface area contributed by atoms with Crippen LogP contribution in [-0.2, 0) is 6.42 Å². The third kappa shape index (κ3) is 3.79. The van der Waals surface area contributed by atoms with Gasteiger partial charge in [-0.3, -0.25) is 9.88 Å². The summed E-state index contributed by atoms with van der Waals surface area (Å²) in [5.41, 5.74) is 6.80. The summed E-state index contributed by atoms with van der Waals surface area (Å²) in [6, 6.07) is 6.96. The predicted octanol–water partition coefficient (Wildman–Crippen LogP) is 1.83. The number of rotatable bonds is 7. The first-order chi connectivity index (χ1) is 8.40. The second-order valence-electron chi connectivity index (χ2n) is 4.83. The minimum Gasteiger partial charge on any atom is -0.330 e. The van der Waals surface area contributed by atoms with Gasteiger partial charge in [-0.25, -0.2) is 0 Å². The molecular formula is C14H23N3. The highest BCUT2D eigenvalue weighted by Crippen LogP contribution is 2.24. The molecular weight excluding hydrogens is 210 g/mol. The van der Waals surface area contributed by atoms with E-state index in [4.69, 9.17) is 5.73 Å². The van der Waals surface area contributed by atoms with E-state index in [2.05, 4.69) is 22.0 Å². The van der Waals surface area contributed by atoms with E-state index < -0.39 is 0 Å². The smallest absolute Gasteiger partial charge is 0.0416 e. The van der Waals surface area contributed by atoms with Crippen molar-refractivity contribution in [3.63, 3.8) is 0 Å². The molecule has 3 nitrogen and oxygen atoms in total. The summed E-state index contributed by atoms with van der Waals surface area (Å²) in [6.07, 6.45) is 8.18. The largest absolute Gasteiger partial charge is 0.330 e. The Kier molecular flexibility index (Phi) is 4.95. The molecule has 1 aromatic rings. The Balaban J connectivity index is 1.80. The maximum Gasteiger partial charge on any atom is 0.0416 e. The molecule has 2 N–H and O–H groups in total. The second-order valence-corrected chi connectivity index (χ2v) is 4.83. The number of pyridine rings is 1. The summed E-state index contributed by atoms with van der Waals surface area (Å²) in [5.74, 6) is 0. The Bertz CT molecular complexity index is 309. The van der Waals surface area contributed by atoms with Crippen LogP contribution in [0.25, 0.3) is 0 Å². The molecule has 0 radical (unpaired) electrons. The fraction of sp³-hybridized carbons (Fsp3) is 0.643. The van der Waals surface area contributed by atoms with Crippen LogP contribution < -0.4 is 5.73 Å². The highest BCUT2D eigenvalue weighted by molar-refractivity contribution is 5.04. The standard InChI is InChI=1S/C14H23N3/c15-9-4-11-17(14-6-3-7-14)12-8-13-5-1-2-10-16-13/h1-2,5,10,14H,3-4,6-9,11-12,15H2. The number of hydrogen-bond donors (Lipinski definition) is 1. The fourth-order valence-electron chi connectivity index (χ4n) is 2.33. The molecule has 1 saturated carbocycles. The molecule has 0 bridgehead atoms. The normalized spacial score (nSPS) is 16.1. The van der Waals surface area contributed by atoms with Crippen molar-refractivity contribution in [2.45, 2.75) is 38.1 Å². The Morgan fingerprint density at radius 2 is 2.18 bits per heavy atom. The SMILES string of the molecule is NCCCN(CCc1ccccn1)C1CCC1. The summed E-state index contributed by atoms with van der Waals surface area (Å²) in [7, 11) is 0. The van der Waals surface area contributed by atoms with Crippen LogP contribution in [-0.4, -0.2) is 35.6 Å². The Morgan fingerprint density at radius 3 is 2.76 bits per heavy atom. The summed E-state index contributed by atoms with van der Waals surface area (Å²) >= 11 is 0. The average Bonchev–Trinajstić information content (AvgIpc) is 2.31. The zero-order valence-corrected chi connectivity index (χ0v) is 10.5. The summed E-state index contributed by atoms with van der Waals surface area (Å²) in [5, 5.41) is 0. The third-order valence-corrected chi connectivity index (χ3v) is 3.62. The van der Waals surface area contributed by atoms with Crippen molar-refractivity contribution in [1.82, 2.24) is 9.88 Å². The van der Waals surface area contributed by atoms with Crippen LogP contribution in [0.15, 0.2) is 24.4 Å². The van der Waals surface area contributed by atoms with Crippen molar-refractivity contribution in [2.24, 2.45) is 5.73 Å². The molecule has 0 aliphatic heterocycles. The lowest BCUT2D eigenvalue weighted by molar-refractivity contribution is 0.127. The van der Waals surface area contributed by atoms with Gasteiger partial charge in [0.1, 0.15) is 0 Å². The highest BCUT2D eigenvalue weighted by Gasteiger charge is 2.23. The van der Waals surface area contributed by atoms with E-state index in [0.29, 0.717) is 0 Å². The van der Waals surface area contributed by atoms with E-state index in [1.54, 1.807) is 0 Å². The quantitative estimate of drug-likeness (QED) is 0.781. The molecule has 1 aromatic heterocycles. The molecule has 1 fully saturated rings. The van der Waals surface area contributed by atoms with E-state index in [9.17, 15) is 0 Å². The molecule has 0 saturated heterocycles. The first-order valence-corrected chi connectivity index (χ1v) is 6.74. The summed E-state index contributed by atoms with van der Waals surface area (Å²) in [4.78, 5) is 6.99. The van der Waals surface area contributed by atoms with Gasteiger partial charge in [-0.1, -0.05) is 12.5 Å². The van der Waals surface area contributed by atoms with Crippen molar-refractivity contribution in [3.05, 3.63) is 30.1 Å². The van der Waals surface area contributed by atoms with Gasteiger partial charge in [-0.05, 0) is 44.5 Å². The van der Waals surface area contributed by atoms with Crippen molar-refractivity contribution in [3.8, 4) is 0 Å². The van der Waals surface area contributed by atoms with E-state index in [0.717, 1.165) is 38.5 Å². The molecule has 0 amide bonds. The van der Waals surface area contributed by atoms with Crippen molar-refractivity contribution in [1.29, 1.82) is 0 Å². The topological polar surface area (TPSA) is 42.1 Å². The number of aromatic nitrogens is 1. The lowest BCUT2D eigenvalue weighted by atomic mass is 9.91. The zero-order chi connectivity index (χ0) is 11.9. The monoisotopic (exact) mass is 233 g/mol. The van der Waals surface area contributed by atoms with E-state index in [1.807, 2.05) is 12.3 Å². The molecule has 0 spiro atoms. The van der Waals surface area contributed by atoms with Gasteiger partial charge in [0.15, 0.2) is 0 Å². The van der Waals surface area contributed by atoms with E-state index in [-0.39, 0.29) is 0 Å². The van der Waals surface area contributed by atoms with Gasteiger partial charge in [-0.2, -0.15) is 0 Å². The van der Waals surface area contributed by atoms with Gasteiger partial charge < -0.3 is 5.73 Å². The van der Waals surface area contributed by atoms with E-state index in [1.165, 1.54) is 25.0 Å². The average molecular weight is 233 g/mol. The molecule has 1 aliphatic rings. The third-order valence-electron chi connectivity index (χ3n) is 3.62.